The zero-order valence-corrected chi connectivity index (χ0v) is 14.8. The Morgan fingerprint density at radius 1 is 1.29 bits per heavy atom. The fraction of sp³-hybridized carbons (Fsp3) is 0.353. The molecule has 1 amide bonds. The van der Waals surface area contributed by atoms with Crippen molar-refractivity contribution in [2.45, 2.75) is 19.8 Å². The van der Waals surface area contributed by atoms with Crippen molar-refractivity contribution in [3.05, 3.63) is 46.2 Å². The van der Waals surface area contributed by atoms with Gasteiger partial charge in [0.15, 0.2) is 0 Å². The van der Waals surface area contributed by atoms with Crippen molar-refractivity contribution in [2.24, 2.45) is 5.92 Å². The number of aromatic nitrogens is 2. The van der Waals surface area contributed by atoms with E-state index in [1.54, 1.807) is 30.6 Å². The summed E-state index contributed by atoms with van der Waals surface area (Å²) in [5.74, 6) is 0.998. The van der Waals surface area contributed by atoms with Crippen LogP contribution in [0.1, 0.15) is 30.1 Å². The molecule has 5 nitrogen and oxygen atoms in total. The number of anilines is 2. The molecule has 0 aliphatic carbocycles. The number of amides is 1. The van der Waals surface area contributed by atoms with Gasteiger partial charge >= 0.3 is 0 Å². The van der Waals surface area contributed by atoms with E-state index in [0.29, 0.717) is 33.2 Å². The zero-order chi connectivity index (χ0) is 17.1. The van der Waals surface area contributed by atoms with Crippen LogP contribution in [0.3, 0.4) is 0 Å². The summed E-state index contributed by atoms with van der Waals surface area (Å²) in [6, 6.07) is 4.91. The highest BCUT2D eigenvalue weighted by atomic mass is 35.5. The number of carbonyl (C=O) groups is 1. The van der Waals surface area contributed by atoms with Crippen molar-refractivity contribution in [2.75, 3.05) is 23.3 Å². The maximum Gasteiger partial charge on any atom is 0.258 e. The number of nitrogens with one attached hydrogen (secondary N) is 1. The molecule has 1 aromatic heterocycles. The van der Waals surface area contributed by atoms with Crippen molar-refractivity contribution in [3.8, 4) is 0 Å². The first-order chi connectivity index (χ1) is 11.5. The van der Waals surface area contributed by atoms with Gasteiger partial charge in [0.25, 0.3) is 5.91 Å². The SMILES string of the molecule is CC1CCCN(c2ncc(C(=O)Nc3ccc(Cl)cc3Cl)cn2)C1. The van der Waals surface area contributed by atoms with Crippen LogP contribution in [-0.4, -0.2) is 29.0 Å². The number of rotatable bonds is 3. The van der Waals surface area contributed by atoms with Gasteiger partial charge in [-0.1, -0.05) is 30.1 Å². The molecule has 7 heteroatoms. The first-order valence-corrected chi connectivity index (χ1v) is 8.62. The van der Waals surface area contributed by atoms with Crippen LogP contribution >= 0.6 is 23.2 Å². The molecule has 1 unspecified atom stereocenters. The van der Waals surface area contributed by atoms with Crippen LogP contribution in [0.2, 0.25) is 10.0 Å². The molecular formula is C17H18Cl2N4O. The first-order valence-electron chi connectivity index (χ1n) is 7.86. The normalized spacial score (nSPS) is 17.6. The maximum absolute atomic E-state index is 12.3. The fourth-order valence-corrected chi connectivity index (χ4v) is 3.21. The molecule has 3 rings (SSSR count). The van der Waals surface area contributed by atoms with Crippen LogP contribution in [0, 0.1) is 5.92 Å². The van der Waals surface area contributed by atoms with E-state index in [4.69, 9.17) is 23.2 Å². The molecule has 1 atom stereocenters. The smallest absolute Gasteiger partial charge is 0.258 e. The van der Waals surface area contributed by atoms with Gasteiger partial charge in [-0.3, -0.25) is 4.79 Å². The van der Waals surface area contributed by atoms with E-state index in [0.717, 1.165) is 19.5 Å². The van der Waals surface area contributed by atoms with Crippen LogP contribution < -0.4 is 10.2 Å². The van der Waals surface area contributed by atoms with E-state index < -0.39 is 0 Å². The minimum absolute atomic E-state index is 0.308. The summed E-state index contributed by atoms with van der Waals surface area (Å²) in [6.45, 7) is 4.13. The first kappa shape index (κ1) is 17.0. The lowest BCUT2D eigenvalue weighted by Gasteiger charge is -2.30. The summed E-state index contributed by atoms with van der Waals surface area (Å²) in [4.78, 5) is 23.1. The van der Waals surface area contributed by atoms with Crippen molar-refractivity contribution < 1.29 is 4.79 Å². The van der Waals surface area contributed by atoms with Crippen LogP contribution in [-0.2, 0) is 0 Å². The van der Waals surface area contributed by atoms with Gasteiger partial charge in [-0.15, -0.1) is 0 Å². The average Bonchev–Trinajstić information content (AvgIpc) is 2.57. The molecule has 1 fully saturated rings. The second-order valence-corrected chi connectivity index (χ2v) is 6.89. The Kier molecular flexibility index (Phi) is 5.21. The number of nitrogens with zero attached hydrogens (tertiary/aromatic N) is 3. The Morgan fingerprint density at radius 2 is 2.04 bits per heavy atom. The molecule has 2 aromatic rings. The molecule has 1 aliphatic heterocycles. The topological polar surface area (TPSA) is 58.1 Å². The molecule has 1 aromatic carbocycles. The van der Waals surface area contributed by atoms with Crippen molar-refractivity contribution in [1.29, 1.82) is 0 Å². The van der Waals surface area contributed by atoms with Crippen LogP contribution in [0.4, 0.5) is 11.6 Å². The minimum Gasteiger partial charge on any atom is -0.341 e. The highest BCUT2D eigenvalue weighted by Crippen LogP contribution is 2.26. The number of hydrogen-bond donors (Lipinski definition) is 1. The maximum atomic E-state index is 12.3. The lowest BCUT2D eigenvalue weighted by Crippen LogP contribution is -2.35. The van der Waals surface area contributed by atoms with Gasteiger partial charge in [-0.05, 0) is 37.0 Å². The lowest BCUT2D eigenvalue weighted by atomic mass is 10.0. The summed E-state index contributed by atoms with van der Waals surface area (Å²) < 4.78 is 0. The highest BCUT2D eigenvalue weighted by molar-refractivity contribution is 6.36. The third-order valence-electron chi connectivity index (χ3n) is 4.02. The van der Waals surface area contributed by atoms with E-state index in [2.05, 4.69) is 27.1 Å². The Bertz CT molecular complexity index is 736. The quantitative estimate of drug-likeness (QED) is 0.883. The van der Waals surface area contributed by atoms with Gasteiger partial charge in [-0.25, -0.2) is 9.97 Å². The molecule has 0 bridgehead atoms. The summed E-state index contributed by atoms with van der Waals surface area (Å²) in [5.41, 5.74) is 0.884. The number of halogens is 2. The van der Waals surface area contributed by atoms with E-state index in [-0.39, 0.29) is 5.91 Å². The van der Waals surface area contributed by atoms with E-state index in [9.17, 15) is 4.79 Å². The molecule has 0 spiro atoms. The second kappa shape index (κ2) is 7.36. The Balaban J connectivity index is 1.69. The van der Waals surface area contributed by atoms with Gasteiger partial charge in [0.2, 0.25) is 5.95 Å². The molecule has 0 radical (unpaired) electrons. The van der Waals surface area contributed by atoms with Crippen LogP contribution in [0.5, 0.6) is 0 Å². The van der Waals surface area contributed by atoms with Gasteiger partial charge in [0, 0.05) is 30.5 Å². The van der Waals surface area contributed by atoms with E-state index in [1.165, 1.54) is 6.42 Å². The van der Waals surface area contributed by atoms with Gasteiger partial charge in [-0.2, -0.15) is 0 Å². The monoisotopic (exact) mass is 364 g/mol. The Morgan fingerprint density at radius 3 is 2.71 bits per heavy atom. The number of piperidine rings is 1. The predicted molar refractivity (Wildman–Crippen MR) is 97.1 cm³/mol. The van der Waals surface area contributed by atoms with Gasteiger partial charge in [0.1, 0.15) is 0 Å². The summed E-state index contributed by atoms with van der Waals surface area (Å²) >= 11 is 11.9. The Hall–Kier alpha value is -1.85. The third-order valence-corrected chi connectivity index (χ3v) is 4.57. The lowest BCUT2D eigenvalue weighted by molar-refractivity contribution is 0.102. The summed E-state index contributed by atoms with van der Waals surface area (Å²) in [5, 5.41) is 3.64. The highest BCUT2D eigenvalue weighted by Gasteiger charge is 2.19. The number of benzene rings is 1. The van der Waals surface area contributed by atoms with E-state index in [1.807, 2.05) is 0 Å². The summed E-state index contributed by atoms with van der Waals surface area (Å²) in [6.07, 6.45) is 5.46. The predicted octanol–water partition coefficient (Wildman–Crippen LogP) is 4.27. The number of hydrogen-bond acceptors (Lipinski definition) is 4. The number of carbonyl (C=O) groups excluding carboxylic acids is 1. The van der Waals surface area contributed by atoms with Crippen LogP contribution in [0.25, 0.3) is 0 Å². The van der Waals surface area contributed by atoms with Crippen molar-refractivity contribution >= 4 is 40.7 Å². The molecule has 126 valence electrons. The van der Waals surface area contributed by atoms with E-state index >= 15 is 0 Å². The standard InChI is InChI=1S/C17H18Cl2N4O/c1-11-3-2-6-23(10-11)17-20-8-12(9-21-17)16(24)22-15-5-4-13(18)7-14(15)19/h4-5,7-9,11H,2-3,6,10H2,1H3,(H,22,24). The third kappa shape index (κ3) is 3.97. The van der Waals surface area contributed by atoms with Crippen molar-refractivity contribution in [3.63, 3.8) is 0 Å². The van der Waals surface area contributed by atoms with Crippen LogP contribution in [0.15, 0.2) is 30.6 Å². The summed E-state index contributed by atoms with van der Waals surface area (Å²) in [7, 11) is 0. The molecule has 1 N–H and O–H groups in total. The van der Waals surface area contributed by atoms with Gasteiger partial charge < -0.3 is 10.2 Å². The average molecular weight is 365 g/mol. The molecule has 1 aliphatic rings. The van der Waals surface area contributed by atoms with Crippen molar-refractivity contribution in [1.82, 2.24) is 9.97 Å². The van der Waals surface area contributed by atoms with Gasteiger partial charge in [0.05, 0.1) is 16.3 Å². The molecule has 2 heterocycles. The molecule has 24 heavy (non-hydrogen) atoms. The fourth-order valence-electron chi connectivity index (χ4n) is 2.76. The second-order valence-electron chi connectivity index (χ2n) is 6.04. The zero-order valence-electron chi connectivity index (χ0n) is 13.3. The largest absolute Gasteiger partial charge is 0.341 e. The molecule has 0 saturated carbocycles. The minimum atomic E-state index is -0.308. The molecular weight excluding hydrogens is 347 g/mol. The Labute approximate surface area is 151 Å². The molecule has 1 saturated heterocycles.